The molecule has 1 aliphatic rings. The molecule has 0 amide bonds. The molecular weight excluding hydrogens is 191 g/mol. The number of fused-ring (bicyclic) bond motifs is 1. The second-order valence-electron chi connectivity index (χ2n) is 4.33. The zero-order valence-electron chi connectivity index (χ0n) is 9.19. The van der Waals surface area contributed by atoms with Gasteiger partial charge in [0.25, 0.3) is 0 Å². The van der Waals surface area contributed by atoms with Gasteiger partial charge in [0, 0.05) is 11.3 Å². The maximum Gasteiger partial charge on any atom is 0.135 e. The third-order valence-electron chi connectivity index (χ3n) is 3.17. The molecule has 78 valence electrons. The van der Waals surface area contributed by atoms with E-state index in [4.69, 9.17) is 5.26 Å². The van der Waals surface area contributed by atoms with E-state index in [9.17, 15) is 4.39 Å². The van der Waals surface area contributed by atoms with Crippen molar-refractivity contribution in [2.45, 2.75) is 39.3 Å². The van der Waals surface area contributed by atoms with Gasteiger partial charge in [-0.05, 0) is 39.2 Å². The third kappa shape index (κ3) is 1.32. The normalized spacial score (nSPS) is 23.7. The molecular formula is C12H13FN2. The minimum Gasteiger partial charge on any atom is -0.256 e. The molecule has 0 fully saturated rings. The Labute approximate surface area is 88.8 Å². The molecule has 1 atom stereocenters. The average molecular weight is 204 g/mol. The van der Waals surface area contributed by atoms with Crippen molar-refractivity contribution < 1.29 is 4.39 Å². The van der Waals surface area contributed by atoms with Gasteiger partial charge in [0.05, 0.1) is 11.3 Å². The van der Waals surface area contributed by atoms with Crippen LogP contribution in [0, 0.1) is 25.2 Å². The Morgan fingerprint density at radius 3 is 2.73 bits per heavy atom. The molecule has 0 aliphatic heterocycles. The smallest absolute Gasteiger partial charge is 0.135 e. The van der Waals surface area contributed by atoms with Crippen molar-refractivity contribution in [2.24, 2.45) is 0 Å². The summed E-state index contributed by atoms with van der Waals surface area (Å²) >= 11 is 0. The average Bonchev–Trinajstić information content (AvgIpc) is 2.42. The van der Waals surface area contributed by atoms with E-state index in [1.54, 1.807) is 13.8 Å². The number of aromatic nitrogens is 1. The molecule has 0 saturated carbocycles. The lowest BCUT2D eigenvalue weighted by atomic mass is 9.94. The van der Waals surface area contributed by atoms with Gasteiger partial charge in [0.15, 0.2) is 0 Å². The topological polar surface area (TPSA) is 36.7 Å². The first-order valence-electron chi connectivity index (χ1n) is 5.07. The second-order valence-corrected chi connectivity index (χ2v) is 4.33. The summed E-state index contributed by atoms with van der Waals surface area (Å²) in [6.07, 6.45) is 1.15. The standard InChI is InChI=1S/C12H13FN2/c1-7-9(6-14)8(2)15-10-4-5-12(3,13)11(7)10/h4-5H2,1-3H3. The molecule has 0 saturated heterocycles. The molecule has 1 aliphatic carbocycles. The molecule has 0 aromatic carbocycles. The molecule has 1 aromatic rings. The predicted molar refractivity (Wildman–Crippen MR) is 55.2 cm³/mol. The lowest BCUT2D eigenvalue weighted by molar-refractivity contribution is 0.193. The Morgan fingerprint density at radius 1 is 1.47 bits per heavy atom. The summed E-state index contributed by atoms with van der Waals surface area (Å²) in [5.41, 5.74) is 2.17. The first-order valence-corrected chi connectivity index (χ1v) is 5.07. The van der Waals surface area contributed by atoms with E-state index in [-0.39, 0.29) is 0 Å². The fraction of sp³-hybridized carbons (Fsp3) is 0.500. The summed E-state index contributed by atoms with van der Waals surface area (Å²) in [4.78, 5) is 4.32. The summed E-state index contributed by atoms with van der Waals surface area (Å²) in [6, 6.07) is 2.10. The maximum atomic E-state index is 14.2. The van der Waals surface area contributed by atoms with E-state index in [2.05, 4.69) is 11.1 Å². The van der Waals surface area contributed by atoms with Gasteiger partial charge >= 0.3 is 0 Å². The zero-order valence-corrected chi connectivity index (χ0v) is 9.19. The van der Waals surface area contributed by atoms with Crippen LogP contribution in [0.5, 0.6) is 0 Å². The lowest BCUT2D eigenvalue weighted by Crippen LogP contribution is -2.13. The van der Waals surface area contributed by atoms with Crippen molar-refractivity contribution in [3.63, 3.8) is 0 Å². The molecule has 0 bridgehead atoms. The van der Waals surface area contributed by atoms with Crippen LogP contribution in [-0.4, -0.2) is 4.98 Å². The van der Waals surface area contributed by atoms with Crippen LogP contribution in [0.25, 0.3) is 0 Å². The van der Waals surface area contributed by atoms with Gasteiger partial charge in [-0.15, -0.1) is 0 Å². The van der Waals surface area contributed by atoms with E-state index in [0.29, 0.717) is 29.7 Å². The van der Waals surface area contributed by atoms with E-state index < -0.39 is 5.67 Å². The molecule has 2 rings (SSSR count). The van der Waals surface area contributed by atoms with Gasteiger partial charge in [0.2, 0.25) is 0 Å². The number of nitriles is 1. The fourth-order valence-electron chi connectivity index (χ4n) is 2.44. The maximum absolute atomic E-state index is 14.2. The van der Waals surface area contributed by atoms with Crippen LogP contribution in [-0.2, 0) is 12.1 Å². The summed E-state index contributed by atoms with van der Waals surface area (Å²) < 4.78 is 14.2. The molecule has 0 spiro atoms. The Morgan fingerprint density at radius 2 is 2.13 bits per heavy atom. The van der Waals surface area contributed by atoms with Crippen molar-refractivity contribution in [3.8, 4) is 6.07 Å². The predicted octanol–water partition coefficient (Wildman–Crippen LogP) is 2.70. The number of hydrogen-bond acceptors (Lipinski definition) is 2. The van der Waals surface area contributed by atoms with Crippen LogP contribution >= 0.6 is 0 Å². The molecule has 1 heterocycles. The highest BCUT2D eigenvalue weighted by atomic mass is 19.1. The zero-order chi connectivity index (χ0) is 11.2. The van der Waals surface area contributed by atoms with Gasteiger partial charge in [-0.25, -0.2) is 4.39 Å². The SMILES string of the molecule is Cc1nc2c(c(C)c1C#N)C(C)(F)CC2. The second kappa shape index (κ2) is 3.03. The van der Waals surface area contributed by atoms with Gasteiger partial charge in [-0.1, -0.05) is 0 Å². The molecule has 0 N–H and O–H groups in total. The van der Waals surface area contributed by atoms with Crippen molar-refractivity contribution in [2.75, 3.05) is 0 Å². The lowest BCUT2D eigenvalue weighted by Gasteiger charge is -2.17. The van der Waals surface area contributed by atoms with Crippen LogP contribution in [0.2, 0.25) is 0 Å². The number of aryl methyl sites for hydroxylation is 2. The van der Waals surface area contributed by atoms with E-state index in [0.717, 1.165) is 11.3 Å². The van der Waals surface area contributed by atoms with Crippen molar-refractivity contribution in [1.29, 1.82) is 5.26 Å². The van der Waals surface area contributed by atoms with Gasteiger partial charge < -0.3 is 0 Å². The van der Waals surface area contributed by atoms with Crippen LogP contribution < -0.4 is 0 Å². The third-order valence-corrected chi connectivity index (χ3v) is 3.17. The van der Waals surface area contributed by atoms with Gasteiger partial charge in [-0.2, -0.15) is 5.26 Å². The highest BCUT2D eigenvalue weighted by Gasteiger charge is 2.37. The van der Waals surface area contributed by atoms with Crippen LogP contribution in [0.3, 0.4) is 0 Å². The van der Waals surface area contributed by atoms with Crippen molar-refractivity contribution in [3.05, 3.63) is 28.1 Å². The monoisotopic (exact) mass is 204 g/mol. The molecule has 2 nitrogen and oxygen atoms in total. The summed E-state index contributed by atoms with van der Waals surface area (Å²) in [6.45, 7) is 5.19. The Balaban J connectivity index is 2.77. The molecule has 3 heteroatoms. The van der Waals surface area contributed by atoms with E-state index in [1.807, 2.05) is 6.92 Å². The van der Waals surface area contributed by atoms with Gasteiger partial charge in [-0.3, -0.25) is 4.98 Å². The van der Waals surface area contributed by atoms with E-state index in [1.165, 1.54) is 0 Å². The highest BCUT2D eigenvalue weighted by Crippen LogP contribution is 2.42. The summed E-state index contributed by atoms with van der Waals surface area (Å²) in [5.74, 6) is 0. The minimum absolute atomic E-state index is 0.477. The molecule has 1 aromatic heterocycles. The number of halogens is 1. The van der Waals surface area contributed by atoms with Crippen LogP contribution in [0.4, 0.5) is 4.39 Å². The van der Waals surface area contributed by atoms with Crippen LogP contribution in [0.1, 0.15) is 41.4 Å². The number of rotatable bonds is 0. The van der Waals surface area contributed by atoms with Crippen LogP contribution in [0.15, 0.2) is 0 Å². The van der Waals surface area contributed by atoms with Crippen molar-refractivity contribution in [1.82, 2.24) is 4.98 Å². The van der Waals surface area contributed by atoms with Gasteiger partial charge in [0.1, 0.15) is 11.7 Å². The summed E-state index contributed by atoms with van der Waals surface area (Å²) in [7, 11) is 0. The first-order chi connectivity index (χ1) is 6.97. The van der Waals surface area contributed by atoms with Crippen molar-refractivity contribution >= 4 is 0 Å². The Hall–Kier alpha value is -1.43. The Kier molecular flexibility index (Phi) is 2.04. The quantitative estimate of drug-likeness (QED) is 0.651. The number of alkyl halides is 1. The number of hydrogen-bond donors (Lipinski definition) is 0. The largest absolute Gasteiger partial charge is 0.256 e. The first kappa shape index (κ1) is 10.1. The summed E-state index contributed by atoms with van der Waals surface area (Å²) in [5, 5.41) is 8.99. The number of pyridine rings is 1. The van der Waals surface area contributed by atoms with E-state index >= 15 is 0 Å². The minimum atomic E-state index is -1.31. The highest BCUT2D eigenvalue weighted by molar-refractivity contribution is 5.50. The molecule has 15 heavy (non-hydrogen) atoms. The molecule has 0 radical (unpaired) electrons. The molecule has 1 unspecified atom stereocenters. The Bertz CT molecular complexity index is 469. The fourth-order valence-corrected chi connectivity index (χ4v) is 2.44. The number of nitrogens with zero attached hydrogens (tertiary/aromatic N) is 2.